The zero-order chi connectivity index (χ0) is 14.5. The van der Waals surface area contributed by atoms with Gasteiger partial charge in [0.25, 0.3) is 0 Å². The van der Waals surface area contributed by atoms with Crippen molar-refractivity contribution in [2.45, 2.75) is 13.5 Å². The van der Waals surface area contributed by atoms with Gasteiger partial charge in [-0.3, -0.25) is 0 Å². The number of hydrogen-bond donors (Lipinski definition) is 1. The third-order valence-corrected chi connectivity index (χ3v) is 3.88. The minimum absolute atomic E-state index is 0. The Morgan fingerprint density at radius 3 is 2.45 bits per heavy atom. The third-order valence-electron chi connectivity index (χ3n) is 3.88. The quantitative estimate of drug-likeness (QED) is 0.935. The number of halogens is 1. The van der Waals surface area contributed by atoms with Gasteiger partial charge in [0.1, 0.15) is 12.4 Å². The number of ether oxygens (including phenoxy) is 1. The van der Waals surface area contributed by atoms with Gasteiger partial charge in [-0.05, 0) is 36.2 Å². The van der Waals surface area contributed by atoms with Crippen LogP contribution in [0.4, 0.5) is 5.69 Å². The number of hydrogen-bond acceptors (Lipinski definition) is 3. The largest absolute Gasteiger partial charge is 0.489 e. The molecule has 118 valence electrons. The number of benzene rings is 2. The molecule has 1 saturated heterocycles. The van der Waals surface area contributed by atoms with Gasteiger partial charge in [0, 0.05) is 31.9 Å². The van der Waals surface area contributed by atoms with E-state index in [0.717, 1.165) is 31.9 Å². The molecule has 0 bridgehead atoms. The highest BCUT2D eigenvalue weighted by Crippen LogP contribution is 2.25. The molecule has 0 unspecified atom stereocenters. The van der Waals surface area contributed by atoms with Crippen LogP contribution in [0, 0.1) is 6.92 Å². The van der Waals surface area contributed by atoms with Gasteiger partial charge in [-0.15, -0.1) is 12.4 Å². The lowest BCUT2D eigenvalue weighted by molar-refractivity contribution is 0.304. The molecule has 3 nitrogen and oxygen atoms in total. The van der Waals surface area contributed by atoms with Crippen LogP contribution < -0.4 is 15.0 Å². The molecule has 0 spiro atoms. The van der Waals surface area contributed by atoms with Crippen molar-refractivity contribution in [3.63, 3.8) is 0 Å². The van der Waals surface area contributed by atoms with Crippen molar-refractivity contribution in [1.29, 1.82) is 0 Å². The Hall–Kier alpha value is -1.71. The van der Waals surface area contributed by atoms with E-state index >= 15 is 0 Å². The highest BCUT2D eigenvalue weighted by Gasteiger charge is 2.11. The highest BCUT2D eigenvalue weighted by molar-refractivity contribution is 5.85. The SMILES string of the molecule is Cc1cc(N2CCNCC2)ccc1OCc1ccccc1.Cl. The molecule has 4 heteroatoms. The lowest BCUT2D eigenvalue weighted by atomic mass is 10.1. The molecule has 0 saturated carbocycles. The van der Waals surface area contributed by atoms with Gasteiger partial charge in [-0.1, -0.05) is 30.3 Å². The average molecular weight is 319 g/mol. The van der Waals surface area contributed by atoms with E-state index in [0.29, 0.717) is 6.61 Å². The Bertz CT molecular complexity index is 583. The zero-order valence-electron chi connectivity index (χ0n) is 12.9. The molecule has 2 aromatic rings. The fraction of sp³-hybridized carbons (Fsp3) is 0.333. The number of piperazine rings is 1. The van der Waals surface area contributed by atoms with Crippen LogP contribution in [0.1, 0.15) is 11.1 Å². The first-order valence-corrected chi connectivity index (χ1v) is 7.56. The van der Waals surface area contributed by atoms with Crippen molar-refractivity contribution in [3.05, 3.63) is 59.7 Å². The highest BCUT2D eigenvalue weighted by atomic mass is 35.5. The lowest BCUT2D eigenvalue weighted by Gasteiger charge is -2.30. The van der Waals surface area contributed by atoms with Crippen LogP contribution in [0.5, 0.6) is 5.75 Å². The maximum Gasteiger partial charge on any atom is 0.122 e. The second-order valence-corrected chi connectivity index (χ2v) is 5.46. The van der Waals surface area contributed by atoms with Crippen LogP contribution in [-0.4, -0.2) is 26.2 Å². The minimum atomic E-state index is 0. The van der Waals surface area contributed by atoms with Gasteiger partial charge in [0.2, 0.25) is 0 Å². The van der Waals surface area contributed by atoms with Crippen molar-refractivity contribution in [2.75, 3.05) is 31.1 Å². The van der Waals surface area contributed by atoms with Crippen molar-refractivity contribution in [3.8, 4) is 5.75 Å². The Morgan fingerprint density at radius 1 is 1.05 bits per heavy atom. The van der Waals surface area contributed by atoms with E-state index in [1.54, 1.807) is 0 Å². The summed E-state index contributed by atoms with van der Waals surface area (Å²) in [5.74, 6) is 0.970. The summed E-state index contributed by atoms with van der Waals surface area (Å²) in [5, 5.41) is 3.38. The standard InChI is InChI=1S/C18H22N2O.ClH/c1-15-13-17(20-11-9-19-10-12-20)7-8-18(15)21-14-16-5-3-2-4-6-16;/h2-8,13,19H,9-12,14H2,1H3;1H. The number of nitrogens with zero attached hydrogens (tertiary/aromatic N) is 1. The molecule has 0 aromatic heterocycles. The number of aryl methyl sites for hydroxylation is 1. The molecule has 1 aliphatic heterocycles. The molecule has 22 heavy (non-hydrogen) atoms. The first-order valence-electron chi connectivity index (χ1n) is 7.56. The summed E-state index contributed by atoms with van der Waals surface area (Å²) >= 11 is 0. The number of anilines is 1. The first kappa shape index (κ1) is 16.7. The fourth-order valence-electron chi connectivity index (χ4n) is 2.65. The van der Waals surface area contributed by atoms with Crippen LogP contribution >= 0.6 is 12.4 Å². The summed E-state index contributed by atoms with van der Waals surface area (Å²) < 4.78 is 5.93. The Kier molecular flexibility index (Phi) is 6.10. The molecule has 0 aliphatic carbocycles. The molecule has 1 aliphatic rings. The molecule has 0 amide bonds. The summed E-state index contributed by atoms with van der Waals surface area (Å²) in [7, 11) is 0. The van der Waals surface area contributed by atoms with E-state index in [-0.39, 0.29) is 12.4 Å². The number of nitrogens with one attached hydrogen (secondary N) is 1. The molecular formula is C18H23ClN2O. The van der Waals surface area contributed by atoms with Gasteiger partial charge in [-0.2, -0.15) is 0 Å². The van der Waals surface area contributed by atoms with Crippen LogP contribution in [0.3, 0.4) is 0 Å². The third kappa shape index (κ3) is 4.15. The topological polar surface area (TPSA) is 24.5 Å². The van der Waals surface area contributed by atoms with Crippen LogP contribution in [0.25, 0.3) is 0 Å². The molecule has 0 radical (unpaired) electrons. The van der Waals surface area contributed by atoms with Gasteiger partial charge in [0.05, 0.1) is 0 Å². The number of rotatable bonds is 4. The Balaban J connectivity index is 0.00000176. The summed E-state index contributed by atoms with van der Waals surface area (Å²) in [5.41, 5.74) is 3.69. The summed E-state index contributed by atoms with van der Waals surface area (Å²) in [6, 6.07) is 16.8. The van der Waals surface area contributed by atoms with Crippen molar-refractivity contribution >= 4 is 18.1 Å². The molecule has 1 heterocycles. The van der Waals surface area contributed by atoms with Gasteiger partial charge in [-0.25, -0.2) is 0 Å². The smallest absolute Gasteiger partial charge is 0.122 e. The Morgan fingerprint density at radius 2 is 1.77 bits per heavy atom. The van der Waals surface area contributed by atoms with E-state index in [4.69, 9.17) is 4.74 Å². The molecule has 0 atom stereocenters. The van der Waals surface area contributed by atoms with Gasteiger partial charge >= 0.3 is 0 Å². The fourth-order valence-corrected chi connectivity index (χ4v) is 2.65. The summed E-state index contributed by atoms with van der Waals surface area (Å²) in [6.07, 6.45) is 0. The maximum absolute atomic E-state index is 5.93. The minimum Gasteiger partial charge on any atom is -0.489 e. The summed E-state index contributed by atoms with van der Waals surface area (Å²) in [6.45, 7) is 7.00. The van der Waals surface area contributed by atoms with E-state index < -0.39 is 0 Å². The van der Waals surface area contributed by atoms with Gasteiger partial charge in [0.15, 0.2) is 0 Å². The molecule has 2 aromatic carbocycles. The van der Waals surface area contributed by atoms with Crippen molar-refractivity contribution in [1.82, 2.24) is 5.32 Å². The monoisotopic (exact) mass is 318 g/mol. The normalized spacial score (nSPS) is 14.3. The average Bonchev–Trinajstić information content (AvgIpc) is 2.55. The maximum atomic E-state index is 5.93. The predicted octanol–water partition coefficient (Wildman–Crippen LogP) is 3.41. The summed E-state index contributed by atoms with van der Waals surface area (Å²) in [4.78, 5) is 2.42. The molecule has 1 fully saturated rings. The van der Waals surface area contributed by atoms with Crippen LogP contribution in [-0.2, 0) is 6.61 Å². The van der Waals surface area contributed by atoms with E-state index in [2.05, 4.69) is 47.5 Å². The van der Waals surface area contributed by atoms with Crippen LogP contribution in [0.15, 0.2) is 48.5 Å². The van der Waals surface area contributed by atoms with Gasteiger partial charge < -0.3 is 15.0 Å². The zero-order valence-corrected chi connectivity index (χ0v) is 13.7. The van der Waals surface area contributed by atoms with Crippen LogP contribution in [0.2, 0.25) is 0 Å². The van der Waals surface area contributed by atoms with E-state index in [1.165, 1.54) is 16.8 Å². The van der Waals surface area contributed by atoms with Crippen molar-refractivity contribution in [2.24, 2.45) is 0 Å². The molecular weight excluding hydrogens is 296 g/mol. The van der Waals surface area contributed by atoms with E-state index in [9.17, 15) is 0 Å². The van der Waals surface area contributed by atoms with Crippen molar-refractivity contribution < 1.29 is 4.74 Å². The predicted molar refractivity (Wildman–Crippen MR) is 94.3 cm³/mol. The molecule has 1 N–H and O–H groups in total. The first-order chi connectivity index (χ1) is 10.3. The Labute approximate surface area is 138 Å². The van der Waals surface area contributed by atoms with E-state index in [1.807, 2.05) is 18.2 Å². The second kappa shape index (κ2) is 8.06. The molecule has 3 rings (SSSR count). The lowest BCUT2D eigenvalue weighted by Crippen LogP contribution is -2.43. The second-order valence-electron chi connectivity index (χ2n) is 5.46.